The number of benzene rings is 1. The maximum absolute atomic E-state index is 12.0. The van der Waals surface area contributed by atoms with Crippen molar-refractivity contribution in [2.75, 3.05) is 13.6 Å². The van der Waals surface area contributed by atoms with Crippen LogP contribution < -0.4 is 34.3 Å². The summed E-state index contributed by atoms with van der Waals surface area (Å²) in [7, 11) is -2.66. The molecule has 0 aliphatic heterocycles. The van der Waals surface area contributed by atoms with Crippen LogP contribution in [-0.4, -0.2) is 43.3 Å². The van der Waals surface area contributed by atoms with Gasteiger partial charge in [0.1, 0.15) is 15.9 Å². The van der Waals surface area contributed by atoms with Crippen LogP contribution >= 0.6 is 0 Å². The number of esters is 1. The molecule has 0 unspecified atom stereocenters. The molecule has 0 spiro atoms. The number of ether oxygens (including phenoxy) is 1. The topological polar surface area (TPSA) is 104 Å². The molecule has 0 radical (unpaired) electrons. The zero-order chi connectivity index (χ0) is 22.4. The minimum absolute atomic E-state index is 0. The van der Waals surface area contributed by atoms with Crippen molar-refractivity contribution in [2.24, 2.45) is 0 Å². The van der Waals surface area contributed by atoms with E-state index < -0.39 is 16.1 Å². The normalized spacial score (nSPS) is 10.9. The van der Waals surface area contributed by atoms with Crippen molar-refractivity contribution in [3.05, 3.63) is 24.3 Å². The van der Waals surface area contributed by atoms with E-state index in [2.05, 4.69) is 6.92 Å². The van der Waals surface area contributed by atoms with E-state index in [1.807, 2.05) is 7.05 Å². The number of rotatable bonds is 15. The number of hydrogen-bond acceptors (Lipinski definition) is 6. The van der Waals surface area contributed by atoms with E-state index >= 15 is 0 Å². The van der Waals surface area contributed by atoms with Gasteiger partial charge < -0.3 is 14.2 Å². The summed E-state index contributed by atoms with van der Waals surface area (Å²) < 4.78 is 37.7. The van der Waals surface area contributed by atoms with Gasteiger partial charge in [-0.25, -0.2) is 8.42 Å². The van der Waals surface area contributed by atoms with Gasteiger partial charge in [-0.2, -0.15) is 0 Å². The van der Waals surface area contributed by atoms with Gasteiger partial charge in [-0.3, -0.25) is 9.59 Å². The van der Waals surface area contributed by atoms with E-state index in [1.54, 1.807) is 4.90 Å². The third kappa shape index (κ3) is 14.0. The summed E-state index contributed by atoms with van der Waals surface area (Å²) >= 11 is 0. The van der Waals surface area contributed by atoms with Crippen molar-refractivity contribution >= 4 is 22.0 Å². The van der Waals surface area contributed by atoms with Gasteiger partial charge in [-0.15, -0.1) is 0 Å². The Balaban J connectivity index is 0.00000900. The molecular weight excluding hydrogens is 429 g/mol. The summed E-state index contributed by atoms with van der Waals surface area (Å²) in [5.41, 5.74) is 0. The smallest absolute Gasteiger partial charge is 0.744 e. The Morgan fingerprint density at radius 3 is 2.03 bits per heavy atom. The van der Waals surface area contributed by atoms with E-state index in [0.717, 1.165) is 50.8 Å². The molecule has 0 atom stereocenters. The Bertz CT molecular complexity index is 752. The van der Waals surface area contributed by atoms with Crippen LogP contribution in [0.4, 0.5) is 0 Å². The number of nitrogens with zero attached hydrogens (tertiary/aromatic N) is 1. The van der Waals surface area contributed by atoms with E-state index in [-0.39, 0.29) is 52.5 Å². The molecule has 1 amide bonds. The maximum atomic E-state index is 12.0. The summed E-state index contributed by atoms with van der Waals surface area (Å²) in [5.74, 6) is 0.0104. The molecule has 0 fully saturated rings. The monoisotopic (exact) mass is 463 g/mol. The molecule has 0 saturated carbocycles. The Hall–Kier alpha value is -0.930. The Labute approximate surface area is 209 Å². The van der Waals surface area contributed by atoms with Crippen molar-refractivity contribution in [2.45, 2.75) is 82.4 Å². The molecule has 0 N–H and O–H groups in total. The molecule has 0 aliphatic rings. The van der Waals surface area contributed by atoms with Crippen LogP contribution in [-0.2, 0) is 19.7 Å². The maximum Gasteiger partial charge on any atom is 1.00 e. The number of carbonyl (C=O) groups excluding carboxylic acids is 2. The average molecular weight is 464 g/mol. The van der Waals surface area contributed by atoms with Gasteiger partial charge in [0, 0.05) is 26.4 Å². The fraction of sp³-hybridized carbons (Fsp3) is 0.636. The van der Waals surface area contributed by atoms with Crippen molar-refractivity contribution in [1.82, 2.24) is 4.90 Å². The molecule has 170 valence electrons. The predicted molar refractivity (Wildman–Crippen MR) is 114 cm³/mol. The number of carbonyl (C=O) groups is 2. The van der Waals surface area contributed by atoms with Crippen LogP contribution in [0.2, 0.25) is 0 Å². The van der Waals surface area contributed by atoms with E-state index in [9.17, 15) is 22.6 Å². The number of unbranched alkanes of at least 4 members (excludes halogenated alkanes) is 7. The summed E-state index contributed by atoms with van der Waals surface area (Å²) in [5, 5.41) is 0. The van der Waals surface area contributed by atoms with Crippen LogP contribution in [0.15, 0.2) is 29.2 Å². The molecule has 0 saturated heterocycles. The molecule has 31 heavy (non-hydrogen) atoms. The minimum Gasteiger partial charge on any atom is -0.744 e. The Kier molecular flexibility index (Phi) is 16.2. The summed E-state index contributed by atoms with van der Waals surface area (Å²) in [6, 6.07) is 4.82. The first-order valence-corrected chi connectivity index (χ1v) is 12.2. The van der Waals surface area contributed by atoms with Gasteiger partial charge in [-0.1, -0.05) is 45.4 Å². The quantitative estimate of drug-likeness (QED) is 0.128. The molecule has 0 heterocycles. The van der Waals surface area contributed by atoms with Crippen molar-refractivity contribution < 1.29 is 56.9 Å². The third-order valence-corrected chi connectivity index (χ3v) is 5.74. The minimum atomic E-state index is -4.51. The van der Waals surface area contributed by atoms with Crippen LogP contribution in [0.3, 0.4) is 0 Å². The van der Waals surface area contributed by atoms with Crippen molar-refractivity contribution in [3.8, 4) is 5.75 Å². The number of amides is 1. The molecule has 0 aliphatic carbocycles. The van der Waals surface area contributed by atoms with Gasteiger partial charge in [0.05, 0.1) is 4.90 Å². The molecule has 1 aromatic carbocycles. The average Bonchev–Trinajstić information content (AvgIpc) is 2.69. The second kappa shape index (κ2) is 16.7. The zero-order valence-electron chi connectivity index (χ0n) is 19.1. The fourth-order valence-corrected chi connectivity index (χ4v) is 3.49. The summed E-state index contributed by atoms with van der Waals surface area (Å²) in [4.78, 5) is 25.3. The Morgan fingerprint density at radius 1 is 0.903 bits per heavy atom. The van der Waals surface area contributed by atoms with Gasteiger partial charge >= 0.3 is 35.5 Å². The van der Waals surface area contributed by atoms with Crippen LogP contribution in [0.25, 0.3) is 0 Å². The first-order chi connectivity index (χ1) is 14.2. The van der Waals surface area contributed by atoms with E-state index in [1.165, 1.54) is 31.4 Å². The van der Waals surface area contributed by atoms with E-state index in [0.29, 0.717) is 12.8 Å². The molecular formula is C22H34NNaO6S. The SMILES string of the molecule is CCCCCCCC(=O)N(C)CCCCCCC(=O)Oc1ccc(S(=O)(=O)[O-])cc1.[Na+]. The van der Waals surface area contributed by atoms with Gasteiger partial charge in [-0.05, 0) is 43.5 Å². The molecule has 7 nitrogen and oxygen atoms in total. The largest absolute Gasteiger partial charge is 1.00 e. The Morgan fingerprint density at radius 2 is 1.45 bits per heavy atom. The zero-order valence-corrected chi connectivity index (χ0v) is 21.9. The first-order valence-electron chi connectivity index (χ1n) is 10.7. The summed E-state index contributed by atoms with van der Waals surface area (Å²) in [6.45, 7) is 2.90. The predicted octanol–water partition coefficient (Wildman–Crippen LogP) is 1.27. The second-order valence-electron chi connectivity index (χ2n) is 7.54. The van der Waals surface area contributed by atoms with Gasteiger partial charge in [0.25, 0.3) is 0 Å². The van der Waals surface area contributed by atoms with Crippen LogP contribution in [0, 0.1) is 0 Å². The first kappa shape index (κ1) is 30.1. The fourth-order valence-electron chi connectivity index (χ4n) is 3.02. The number of hydrogen-bond donors (Lipinski definition) is 0. The molecule has 1 aromatic rings. The van der Waals surface area contributed by atoms with Crippen LogP contribution in [0.5, 0.6) is 5.75 Å². The molecule has 0 bridgehead atoms. The molecule has 9 heteroatoms. The second-order valence-corrected chi connectivity index (χ2v) is 8.92. The van der Waals surface area contributed by atoms with Crippen molar-refractivity contribution in [3.63, 3.8) is 0 Å². The van der Waals surface area contributed by atoms with E-state index in [4.69, 9.17) is 4.74 Å². The summed E-state index contributed by atoms with van der Waals surface area (Å²) in [6.07, 6.45) is 9.96. The molecule has 1 rings (SSSR count). The van der Waals surface area contributed by atoms with Gasteiger partial charge in [0.15, 0.2) is 0 Å². The van der Waals surface area contributed by atoms with Crippen molar-refractivity contribution in [1.29, 1.82) is 0 Å². The third-order valence-electron chi connectivity index (χ3n) is 4.89. The van der Waals surface area contributed by atoms with Gasteiger partial charge in [0.2, 0.25) is 5.91 Å². The molecule has 0 aromatic heterocycles. The standard InChI is InChI=1S/C22H35NO6S.Na/c1-3-4-5-6-9-12-21(24)23(2)18-11-8-7-10-13-22(25)29-19-14-16-20(17-15-19)30(26,27)28;/h14-17H,3-13,18H2,1-2H3,(H,26,27,28);/q;+1/p-1. The van der Waals surface area contributed by atoms with Crippen LogP contribution in [0.1, 0.15) is 77.6 Å².